The van der Waals surface area contributed by atoms with Crippen molar-refractivity contribution in [1.29, 1.82) is 0 Å². The zero-order valence-corrected chi connectivity index (χ0v) is 13.6. The molecular weight excluding hydrogens is 270 g/mol. The van der Waals surface area contributed by atoms with Gasteiger partial charge in [0.25, 0.3) is 0 Å². The zero-order valence-electron chi connectivity index (χ0n) is 12.8. The van der Waals surface area contributed by atoms with Gasteiger partial charge < -0.3 is 10.5 Å². The first kappa shape index (κ1) is 17.3. The second-order valence-corrected chi connectivity index (χ2v) is 5.88. The van der Waals surface area contributed by atoms with Crippen LogP contribution in [-0.4, -0.2) is 6.61 Å². The van der Waals surface area contributed by atoms with Gasteiger partial charge in [0, 0.05) is 16.6 Å². The molecule has 0 bridgehead atoms. The molecule has 2 N–H and O–H groups in total. The zero-order chi connectivity index (χ0) is 14.8. The van der Waals surface area contributed by atoms with Crippen molar-refractivity contribution in [3.8, 4) is 5.75 Å². The second-order valence-electron chi connectivity index (χ2n) is 5.44. The molecule has 0 saturated heterocycles. The Labute approximate surface area is 128 Å². The molecule has 3 heteroatoms. The van der Waals surface area contributed by atoms with Crippen LogP contribution < -0.4 is 10.5 Å². The van der Waals surface area contributed by atoms with Crippen LogP contribution in [0.1, 0.15) is 70.4 Å². The van der Waals surface area contributed by atoms with Gasteiger partial charge in [0.05, 0.1) is 6.61 Å². The Kier molecular flexibility index (Phi) is 8.72. The molecule has 0 amide bonds. The average molecular weight is 298 g/mol. The first-order valence-electron chi connectivity index (χ1n) is 7.83. The highest BCUT2D eigenvalue weighted by atomic mass is 35.5. The Hall–Kier alpha value is -0.730. The molecule has 0 fully saturated rings. The van der Waals surface area contributed by atoms with Gasteiger partial charge in [-0.3, -0.25) is 0 Å². The summed E-state index contributed by atoms with van der Waals surface area (Å²) < 4.78 is 5.84. The lowest BCUT2D eigenvalue weighted by molar-refractivity contribution is 0.300. The van der Waals surface area contributed by atoms with Crippen molar-refractivity contribution < 1.29 is 4.74 Å². The van der Waals surface area contributed by atoms with Gasteiger partial charge in [-0.05, 0) is 31.5 Å². The van der Waals surface area contributed by atoms with Crippen molar-refractivity contribution >= 4 is 11.6 Å². The molecule has 1 aromatic rings. The standard InChI is InChI=1S/C17H28ClNO/c1-3-4-5-6-7-8-9-12-20-17-11-10-15(18)13-16(17)14(2)19/h10-11,13-14H,3-9,12,19H2,1-2H3. The lowest BCUT2D eigenvalue weighted by atomic mass is 10.1. The summed E-state index contributed by atoms with van der Waals surface area (Å²) >= 11 is 5.99. The highest BCUT2D eigenvalue weighted by Crippen LogP contribution is 2.27. The van der Waals surface area contributed by atoms with Crippen molar-refractivity contribution in [2.45, 2.75) is 64.8 Å². The van der Waals surface area contributed by atoms with E-state index in [1.165, 1.54) is 38.5 Å². The number of rotatable bonds is 10. The Balaban J connectivity index is 2.25. The smallest absolute Gasteiger partial charge is 0.124 e. The summed E-state index contributed by atoms with van der Waals surface area (Å²) in [5, 5.41) is 0.709. The maximum Gasteiger partial charge on any atom is 0.124 e. The summed E-state index contributed by atoms with van der Waals surface area (Å²) in [5.74, 6) is 0.871. The van der Waals surface area contributed by atoms with E-state index >= 15 is 0 Å². The van der Waals surface area contributed by atoms with Crippen LogP contribution in [0, 0.1) is 0 Å². The monoisotopic (exact) mass is 297 g/mol. The largest absolute Gasteiger partial charge is 0.493 e. The van der Waals surface area contributed by atoms with E-state index in [2.05, 4.69) is 6.92 Å². The number of halogens is 1. The molecule has 1 rings (SSSR count). The number of nitrogens with two attached hydrogens (primary N) is 1. The molecule has 114 valence electrons. The molecule has 20 heavy (non-hydrogen) atoms. The van der Waals surface area contributed by atoms with Crippen molar-refractivity contribution in [3.63, 3.8) is 0 Å². The summed E-state index contributed by atoms with van der Waals surface area (Å²) in [5.41, 5.74) is 6.93. The Morgan fingerprint density at radius 2 is 1.75 bits per heavy atom. The highest BCUT2D eigenvalue weighted by Gasteiger charge is 2.08. The maximum absolute atomic E-state index is 5.99. The fourth-order valence-corrected chi connectivity index (χ4v) is 2.43. The number of unbranched alkanes of at least 4 members (excludes halogenated alkanes) is 6. The van der Waals surface area contributed by atoms with E-state index in [0.29, 0.717) is 5.02 Å². The molecule has 0 aliphatic heterocycles. The normalized spacial score (nSPS) is 12.4. The van der Waals surface area contributed by atoms with Gasteiger partial charge in [0.1, 0.15) is 5.75 Å². The van der Waals surface area contributed by atoms with Gasteiger partial charge in [0.15, 0.2) is 0 Å². The van der Waals surface area contributed by atoms with E-state index in [0.717, 1.165) is 24.3 Å². The lowest BCUT2D eigenvalue weighted by Gasteiger charge is -2.14. The molecule has 0 aliphatic carbocycles. The summed E-state index contributed by atoms with van der Waals surface area (Å²) in [6.45, 7) is 4.96. The Morgan fingerprint density at radius 3 is 2.40 bits per heavy atom. The fourth-order valence-electron chi connectivity index (χ4n) is 2.25. The maximum atomic E-state index is 5.99. The topological polar surface area (TPSA) is 35.2 Å². The predicted molar refractivity (Wildman–Crippen MR) is 87.5 cm³/mol. The van der Waals surface area contributed by atoms with Crippen LogP contribution in [0.4, 0.5) is 0 Å². The van der Waals surface area contributed by atoms with Gasteiger partial charge in [0.2, 0.25) is 0 Å². The third-order valence-corrected chi connectivity index (χ3v) is 3.70. The van der Waals surface area contributed by atoms with Gasteiger partial charge in [-0.2, -0.15) is 0 Å². The van der Waals surface area contributed by atoms with Crippen LogP contribution in [0.25, 0.3) is 0 Å². The predicted octanol–water partition coefficient (Wildman–Crippen LogP) is 5.49. The minimum absolute atomic E-state index is 0.0576. The average Bonchev–Trinajstić information content (AvgIpc) is 2.43. The van der Waals surface area contributed by atoms with E-state index in [-0.39, 0.29) is 6.04 Å². The van der Waals surface area contributed by atoms with E-state index in [4.69, 9.17) is 22.1 Å². The Bertz CT molecular complexity index is 379. The molecule has 0 aromatic heterocycles. The summed E-state index contributed by atoms with van der Waals surface area (Å²) in [7, 11) is 0. The number of ether oxygens (including phenoxy) is 1. The van der Waals surface area contributed by atoms with Crippen LogP contribution in [0.15, 0.2) is 18.2 Å². The molecule has 0 heterocycles. The first-order chi connectivity index (χ1) is 9.65. The molecule has 0 saturated carbocycles. The molecule has 0 aliphatic rings. The van der Waals surface area contributed by atoms with E-state index in [1.807, 2.05) is 25.1 Å². The fraction of sp³-hybridized carbons (Fsp3) is 0.647. The molecule has 0 radical (unpaired) electrons. The first-order valence-corrected chi connectivity index (χ1v) is 8.20. The quantitative estimate of drug-likeness (QED) is 0.580. The van der Waals surface area contributed by atoms with E-state index in [1.54, 1.807) is 0 Å². The minimum atomic E-state index is -0.0576. The molecule has 0 spiro atoms. The van der Waals surface area contributed by atoms with Crippen molar-refractivity contribution in [1.82, 2.24) is 0 Å². The van der Waals surface area contributed by atoms with E-state index in [9.17, 15) is 0 Å². The van der Waals surface area contributed by atoms with Gasteiger partial charge >= 0.3 is 0 Å². The summed E-state index contributed by atoms with van der Waals surface area (Å²) in [6.07, 6.45) is 9.03. The van der Waals surface area contributed by atoms with Crippen LogP contribution in [0.5, 0.6) is 5.75 Å². The summed E-state index contributed by atoms with van der Waals surface area (Å²) in [6, 6.07) is 5.61. The number of hydrogen-bond donors (Lipinski definition) is 1. The molecule has 1 atom stereocenters. The Morgan fingerprint density at radius 1 is 1.10 bits per heavy atom. The second kappa shape index (κ2) is 10.1. The molecule has 2 nitrogen and oxygen atoms in total. The highest BCUT2D eigenvalue weighted by molar-refractivity contribution is 6.30. The van der Waals surface area contributed by atoms with E-state index < -0.39 is 0 Å². The third kappa shape index (κ3) is 6.62. The van der Waals surface area contributed by atoms with Gasteiger partial charge in [-0.25, -0.2) is 0 Å². The molecule has 1 unspecified atom stereocenters. The third-order valence-electron chi connectivity index (χ3n) is 3.47. The van der Waals surface area contributed by atoms with Crippen LogP contribution in [0.3, 0.4) is 0 Å². The minimum Gasteiger partial charge on any atom is -0.493 e. The van der Waals surface area contributed by atoms with Crippen LogP contribution >= 0.6 is 11.6 Å². The van der Waals surface area contributed by atoms with Crippen molar-refractivity contribution in [3.05, 3.63) is 28.8 Å². The molecular formula is C17H28ClNO. The SMILES string of the molecule is CCCCCCCCCOc1ccc(Cl)cc1C(C)N. The van der Waals surface area contributed by atoms with Gasteiger partial charge in [-0.15, -0.1) is 0 Å². The molecule has 1 aromatic carbocycles. The van der Waals surface area contributed by atoms with Gasteiger partial charge in [-0.1, -0.05) is 57.0 Å². The number of benzene rings is 1. The van der Waals surface area contributed by atoms with Crippen LogP contribution in [0.2, 0.25) is 5.02 Å². The van der Waals surface area contributed by atoms with Crippen molar-refractivity contribution in [2.24, 2.45) is 5.73 Å². The summed E-state index contributed by atoms with van der Waals surface area (Å²) in [4.78, 5) is 0. The van der Waals surface area contributed by atoms with Crippen LogP contribution in [-0.2, 0) is 0 Å². The lowest BCUT2D eigenvalue weighted by Crippen LogP contribution is -2.08. The van der Waals surface area contributed by atoms with Crippen molar-refractivity contribution in [2.75, 3.05) is 6.61 Å². The number of hydrogen-bond acceptors (Lipinski definition) is 2.